The molecule has 0 aliphatic heterocycles. The summed E-state index contributed by atoms with van der Waals surface area (Å²) < 4.78 is 0. The molecule has 0 aliphatic carbocycles. The van der Waals surface area contributed by atoms with E-state index in [1.54, 1.807) is 12.1 Å². The van der Waals surface area contributed by atoms with Crippen LogP contribution in [0.5, 0.6) is 0 Å². The molecule has 0 saturated carbocycles. The maximum atomic E-state index is 10.7. The molecule has 1 aromatic carbocycles. The largest absolute Gasteiger partial charge is 0.480 e. The minimum atomic E-state index is -1.19. The van der Waals surface area contributed by atoms with E-state index in [2.05, 4.69) is 5.32 Å². The summed E-state index contributed by atoms with van der Waals surface area (Å²) in [5, 5.41) is 11.3. The van der Waals surface area contributed by atoms with Crippen LogP contribution in [-0.4, -0.2) is 23.3 Å². The number of hydrogen-bond acceptors (Lipinski definition) is 3. The van der Waals surface area contributed by atoms with Crippen LogP contribution < -0.4 is 5.32 Å². The van der Waals surface area contributed by atoms with Gasteiger partial charge in [-0.05, 0) is 17.7 Å². The monoisotopic (exact) mass is 221 g/mol. The van der Waals surface area contributed by atoms with Gasteiger partial charge in [-0.15, -0.1) is 0 Å². The number of amides is 1. The number of nitrogens with one attached hydrogen (secondary N) is 1. The van der Waals surface area contributed by atoms with Gasteiger partial charge in [0.1, 0.15) is 12.2 Å². The van der Waals surface area contributed by atoms with E-state index in [-0.39, 0.29) is 5.91 Å². The second kappa shape index (κ2) is 5.06. The lowest BCUT2D eigenvalue weighted by Gasteiger charge is -2.07. The highest BCUT2D eigenvalue weighted by Gasteiger charge is 2.18. The van der Waals surface area contributed by atoms with Gasteiger partial charge in [0.2, 0.25) is 5.91 Å². The summed E-state index contributed by atoms with van der Waals surface area (Å²) in [6.45, 7) is 1.37. The third kappa shape index (κ3) is 2.91. The number of aldehydes is 1. The average molecular weight is 221 g/mol. The molecule has 0 radical (unpaired) electrons. The molecule has 0 aromatic heterocycles. The molecule has 0 heterocycles. The van der Waals surface area contributed by atoms with Crippen molar-refractivity contribution in [2.45, 2.75) is 12.8 Å². The van der Waals surface area contributed by atoms with Crippen LogP contribution in [0, 0.1) is 0 Å². The van der Waals surface area contributed by atoms with Gasteiger partial charge in [0.25, 0.3) is 0 Å². The zero-order valence-electron chi connectivity index (χ0n) is 8.64. The van der Waals surface area contributed by atoms with Crippen molar-refractivity contribution in [3.8, 4) is 0 Å². The molecule has 1 rings (SSSR count). The van der Waals surface area contributed by atoms with Crippen LogP contribution in [-0.2, 0) is 14.4 Å². The van der Waals surface area contributed by atoms with E-state index in [0.29, 0.717) is 17.5 Å². The lowest BCUT2D eigenvalue weighted by Crippen LogP contribution is -2.13. The fourth-order valence-electron chi connectivity index (χ4n) is 1.26. The number of carbonyl (C=O) groups is 3. The van der Waals surface area contributed by atoms with Crippen molar-refractivity contribution in [1.29, 1.82) is 0 Å². The smallest absolute Gasteiger partial charge is 0.318 e. The Morgan fingerprint density at radius 1 is 1.31 bits per heavy atom. The van der Waals surface area contributed by atoms with E-state index >= 15 is 0 Å². The number of carbonyl (C=O) groups excluding carboxylic acids is 2. The van der Waals surface area contributed by atoms with Crippen LogP contribution in [0.1, 0.15) is 18.4 Å². The second-order valence-electron chi connectivity index (χ2n) is 3.26. The van der Waals surface area contributed by atoms with Gasteiger partial charge in [0, 0.05) is 12.6 Å². The summed E-state index contributed by atoms with van der Waals surface area (Å²) in [5.74, 6) is -2.56. The molecule has 0 spiro atoms. The molecule has 1 atom stereocenters. The zero-order chi connectivity index (χ0) is 12.1. The Labute approximate surface area is 92.1 Å². The number of carboxylic acid groups (broad SMARTS) is 1. The molecule has 0 fully saturated rings. The van der Waals surface area contributed by atoms with Crippen molar-refractivity contribution in [2.24, 2.45) is 0 Å². The van der Waals surface area contributed by atoms with E-state index in [4.69, 9.17) is 5.11 Å². The molecule has 84 valence electrons. The molecule has 2 N–H and O–H groups in total. The quantitative estimate of drug-likeness (QED) is 0.587. The van der Waals surface area contributed by atoms with E-state index < -0.39 is 11.9 Å². The summed E-state index contributed by atoms with van der Waals surface area (Å²) in [7, 11) is 0. The van der Waals surface area contributed by atoms with Gasteiger partial charge in [-0.1, -0.05) is 12.1 Å². The predicted molar refractivity (Wildman–Crippen MR) is 57.2 cm³/mol. The van der Waals surface area contributed by atoms with Crippen molar-refractivity contribution < 1.29 is 19.5 Å². The van der Waals surface area contributed by atoms with Crippen molar-refractivity contribution in [3.05, 3.63) is 29.8 Å². The van der Waals surface area contributed by atoms with Gasteiger partial charge in [-0.3, -0.25) is 9.59 Å². The van der Waals surface area contributed by atoms with Crippen molar-refractivity contribution in [1.82, 2.24) is 0 Å². The Bertz CT molecular complexity index is 410. The molecule has 5 heteroatoms. The number of anilines is 1. The first kappa shape index (κ1) is 11.9. The normalized spacial score (nSPS) is 11.6. The molecule has 0 saturated heterocycles. The Morgan fingerprint density at radius 3 is 2.25 bits per heavy atom. The predicted octanol–water partition coefficient (Wildman–Crippen LogP) is 1.01. The number of hydrogen-bond donors (Lipinski definition) is 2. The maximum Gasteiger partial charge on any atom is 0.318 e. The number of carboxylic acids is 1. The highest BCUT2D eigenvalue weighted by atomic mass is 16.4. The van der Waals surface area contributed by atoms with E-state index in [9.17, 15) is 14.4 Å². The molecule has 1 aromatic rings. The summed E-state index contributed by atoms with van der Waals surface area (Å²) in [5.41, 5.74) is 0.947. The Morgan fingerprint density at radius 2 is 1.88 bits per heavy atom. The van der Waals surface area contributed by atoms with Crippen LogP contribution in [0.2, 0.25) is 0 Å². The highest BCUT2D eigenvalue weighted by molar-refractivity contribution is 5.93. The van der Waals surface area contributed by atoms with Gasteiger partial charge in [0.05, 0.1) is 0 Å². The number of benzene rings is 1. The van der Waals surface area contributed by atoms with Crippen molar-refractivity contribution in [3.63, 3.8) is 0 Å². The Kier molecular flexibility index (Phi) is 3.77. The lowest BCUT2D eigenvalue weighted by molar-refractivity contribution is -0.140. The van der Waals surface area contributed by atoms with E-state index in [1.165, 1.54) is 19.1 Å². The first-order valence-electron chi connectivity index (χ1n) is 4.60. The fraction of sp³-hybridized carbons (Fsp3) is 0.182. The molecule has 0 aliphatic rings. The Balaban J connectivity index is 2.89. The molecular weight excluding hydrogens is 210 g/mol. The van der Waals surface area contributed by atoms with E-state index in [1.807, 2.05) is 0 Å². The molecule has 16 heavy (non-hydrogen) atoms. The minimum Gasteiger partial charge on any atom is -0.480 e. The lowest BCUT2D eigenvalue weighted by atomic mass is 10.0. The maximum absolute atomic E-state index is 10.7. The highest BCUT2D eigenvalue weighted by Crippen LogP contribution is 2.17. The summed E-state index contributed by atoms with van der Waals surface area (Å²) in [6.07, 6.45) is 0.371. The fourth-order valence-corrected chi connectivity index (χ4v) is 1.26. The summed E-state index contributed by atoms with van der Waals surface area (Å²) >= 11 is 0. The second-order valence-corrected chi connectivity index (χ2v) is 3.26. The van der Waals surface area contributed by atoms with Crippen LogP contribution in [0.15, 0.2) is 24.3 Å². The van der Waals surface area contributed by atoms with Crippen LogP contribution >= 0.6 is 0 Å². The number of rotatable bonds is 4. The van der Waals surface area contributed by atoms with Gasteiger partial charge in [-0.2, -0.15) is 0 Å². The molecule has 5 nitrogen and oxygen atoms in total. The van der Waals surface area contributed by atoms with Crippen molar-refractivity contribution >= 4 is 23.9 Å². The zero-order valence-corrected chi connectivity index (χ0v) is 8.64. The topological polar surface area (TPSA) is 83.5 Å². The summed E-state index contributed by atoms with van der Waals surface area (Å²) in [4.78, 5) is 32.0. The molecule has 1 unspecified atom stereocenters. The van der Waals surface area contributed by atoms with Crippen LogP contribution in [0.3, 0.4) is 0 Å². The van der Waals surface area contributed by atoms with Gasteiger partial charge < -0.3 is 15.2 Å². The minimum absolute atomic E-state index is 0.210. The van der Waals surface area contributed by atoms with Gasteiger partial charge >= 0.3 is 5.97 Å². The number of aliphatic carboxylic acids is 1. The van der Waals surface area contributed by atoms with Crippen LogP contribution in [0.25, 0.3) is 0 Å². The first-order valence-corrected chi connectivity index (χ1v) is 4.60. The molecular formula is C11H11NO4. The average Bonchev–Trinajstić information content (AvgIpc) is 2.20. The molecule has 1 amide bonds. The standard InChI is InChI=1S/C11H11NO4/c1-7(14)12-9-4-2-8(3-5-9)10(6-13)11(15)16/h2-6,10H,1H3,(H,12,14)(H,15,16). The summed E-state index contributed by atoms with van der Waals surface area (Å²) in [6, 6.07) is 6.10. The van der Waals surface area contributed by atoms with Gasteiger partial charge in [0.15, 0.2) is 0 Å². The first-order chi connectivity index (χ1) is 7.54. The van der Waals surface area contributed by atoms with Crippen LogP contribution in [0.4, 0.5) is 5.69 Å². The Hall–Kier alpha value is -2.17. The SMILES string of the molecule is CC(=O)Nc1ccc(C(C=O)C(=O)O)cc1. The molecule has 0 bridgehead atoms. The van der Waals surface area contributed by atoms with E-state index in [0.717, 1.165) is 0 Å². The third-order valence-corrected chi connectivity index (χ3v) is 1.99. The third-order valence-electron chi connectivity index (χ3n) is 1.99. The van der Waals surface area contributed by atoms with Crippen molar-refractivity contribution in [2.75, 3.05) is 5.32 Å². The van der Waals surface area contributed by atoms with Gasteiger partial charge in [-0.25, -0.2) is 0 Å².